The fraction of sp³-hybridized carbons (Fsp3) is 0.208. The summed E-state index contributed by atoms with van der Waals surface area (Å²) in [5, 5.41) is 10.6. The first-order valence-corrected chi connectivity index (χ1v) is 9.47. The number of fused-ring (bicyclic) bond motifs is 3. The van der Waals surface area contributed by atoms with Crippen molar-refractivity contribution in [3.63, 3.8) is 0 Å². The molecule has 0 aliphatic heterocycles. The summed E-state index contributed by atoms with van der Waals surface area (Å²) in [6, 6.07) is 22.3. The van der Waals surface area contributed by atoms with Crippen LogP contribution >= 0.6 is 0 Å². The third-order valence-corrected chi connectivity index (χ3v) is 4.69. The van der Waals surface area contributed by atoms with Crippen molar-refractivity contribution in [3.8, 4) is 17.6 Å². The molecule has 0 N–H and O–H groups in total. The highest BCUT2D eigenvalue weighted by molar-refractivity contribution is 5.99. The van der Waals surface area contributed by atoms with Gasteiger partial charge in [0.05, 0.1) is 34.7 Å². The van der Waals surface area contributed by atoms with Gasteiger partial charge in [-0.15, -0.1) is 0 Å². The van der Waals surface area contributed by atoms with E-state index >= 15 is 0 Å². The van der Waals surface area contributed by atoms with Crippen LogP contribution in [-0.2, 0) is 6.42 Å². The van der Waals surface area contributed by atoms with E-state index in [0.29, 0.717) is 12.2 Å². The molecule has 0 bridgehead atoms. The van der Waals surface area contributed by atoms with E-state index < -0.39 is 0 Å². The highest BCUT2D eigenvalue weighted by Gasteiger charge is 2.15. The molecule has 28 heavy (non-hydrogen) atoms. The molecule has 4 heteroatoms. The molecule has 4 aromatic rings. The zero-order valence-electron chi connectivity index (χ0n) is 16.1. The van der Waals surface area contributed by atoms with Crippen LogP contribution in [0.3, 0.4) is 0 Å². The lowest BCUT2D eigenvalue weighted by molar-refractivity contribution is 0.242. The lowest BCUT2D eigenvalue weighted by Gasteiger charge is -2.11. The van der Waals surface area contributed by atoms with E-state index in [1.54, 1.807) is 0 Å². The minimum Gasteiger partial charge on any atom is -0.492 e. The van der Waals surface area contributed by atoms with Gasteiger partial charge in [0.1, 0.15) is 17.6 Å². The molecule has 0 saturated heterocycles. The molecule has 4 nitrogen and oxygen atoms in total. The van der Waals surface area contributed by atoms with Gasteiger partial charge in [-0.1, -0.05) is 24.3 Å². The molecule has 0 aliphatic carbocycles. The lowest BCUT2D eigenvalue weighted by atomic mass is 10.1. The van der Waals surface area contributed by atoms with Gasteiger partial charge in [-0.3, -0.25) is 0 Å². The summed E-state index contributed by atoms with van der Waals surface area (Å²) in [7, 11) is 0. The van der Waals surface area contributed by atoms with E-state index in [2.05, 4.69) is 18.2 Å². The van der Waals surface area contributed by atoms with Crippen molar-refractivity contribution >= 4 is 16.4 Å². The van der Waals surface area contributed by atoms with Crippen molar-refractivity contribution in [2.45, 2.75) is 26.4 Å². The van der Waals surface area contributed by atoms with E-state index in [1.165, 1.54) is 5.56 Å². The fourth-order valence-corrected chi connectivity index (χ4v) is 3.48. The molecule has 2 heterocycles. The topological polar surface area (TPSA) is 46.7 Å². The summed E-state index contributed by atoms with van der Waals surface area (Å²) in [5.74, 6) is 1.63. The zero-order valence-corrected chi connectivity index (χ0v) is 16.1. The number of aromatic nitrogens is 1. The Balaban J connectivity index is 1.55. The fourth-order valence-electron chi connectivity index (χ4n) is 3.48. The molecular weight excluding hydrogens is 348 g/mol. The maximum atomic E-state index is 9.71. The van der Waals surface area contributed by atoms with Gasteiger partial charge < -0.3 is 13.9 Å². The molecule has 0 saturated carbocycles. The average molecular weight is 370 g/mol. The third-order valence-electron chi connectivity index (χ3n) is 4.69. The Hall–Kier alpha value is -3.45. The number of nitrogens with zero attached hydrogens (tertiary/aromatic N) is 2. The highest BCUT2D eigenvalue weighted by atomic mass is 16.5. The van der Waals surface area contributed by atoms with Gasteiger partial charge >= 0.3 is 0 Å². The standard InChI is InChI=1S/C24H22N2O2/c1-17(2)28-19-11-9-18(10-12-19)13-15-27-23-8-5-7-22-24(23)20(16-25)21-6-3-4-14-26(21)22/h3-12,14,17H,13,15H2,1-2H3. The van der Waals surface area contributed by atoms with Crippen LogP contribution in [0.1, 0.15) is 25.0 Å². The van der Waals surface area contributed by atoms with E-state index in [4.69, 9.17) is 9.47 Å². The normalized spacial score (nSPS) is 11.1. The van der Waals surface area contributed by atoms with Crippen LogP contribution in [0.25, 0.3) is 16.4 Å². The monoisotopic (exact) mass is 370 g/mol. The minimum absolute atomic E-state index is 0.168. The van der Waals surface area contributed by atoms with Crippen LogP contribution in [0, 0.1) is 11.3 Å². The Labute approximate surface area is 164 Å². The van der Waals surface area contributed by atoms with E-state index in [0.717, 1.165) is 34.3 Å². The maximum absolute atomic E-state index is 9.71. The molecule has 140 valence electrons. The molecule has 0 radical (unpaired) electrons. The van der Waals surface area contributed by atoms with E-state index in [-0.39, 0.29) is 6.10 Å². The molecule has 0 spiro atoms. The van der Waals surface area contributed by atoms with Crippen molar-refractivity contribution in [2.24, 2.45) is 0 Å². The molecular formula is C24H22N2O2. The number of ether oxygens (including phenoxy) is 2. The van der Waals surface area contributed by atoms with E-state index in [1.807, 2.05) is 73.0 Å². The summed E-state index contributed by atoms with van der Waals surface area (Å²) < 4.78 is 13.8. The second-order valence-electron chi connectivity index (χ2n) is 7.00. The molecule has 0 fully saturated rings. The smallest absolute Gasteiger partial charge is 0.130 e. The zero-order chi connectivity index (χ0) is 19.5. The molecule has 0 unspecified atom stereocenters. The van der Waals surface area contributed by atoms with Crippen LogP contribution in [-0.4, -0.2) is 17.1 Å². The van der Waals surface area contributed by atoms with Crippen molar-refractivity contribution < 1.29 is 9.47 Å². The Morgan fingerprint density at radius 2 is 1.75 bits per heavy atom. The van der Waals surface area contributed by atoms with Crippen LogP contribution < -0.4 is 9.47 Å². The van der Waals surface area contributed by atoms with Gasteiger partial charge in [0.2, 0.25) is 0 Å². The lowest BCUT2D eigenvalue weighted by Crippen LogP contribution is -2.06. The third kappa shape index (κ3) is 3.39. The first-order valence-electron chi connectivity index (χ1n) is 9.47. The quantitative estimate of drug-likeness (QED) is 0.458. The number of hydrogen-bond acceptors (Lipinski definition) is 3. The van der Waals surface area contributed by atoms with Crippen molar-refractivity contribution in [3.05, 3.63) is 78.0 Å². The van der Waals surface area contributed by atoms with Gasteiger partial charge in [0.25, 0.3) is 0 Å². The summed E-state index contributed by atoms with van der Waals surface area (Å²) in [4.78, 5) is 0. The first kappa shape index (κ1) is 17.9. The molecule has 0 atom stereocenters. The van der Waals surface area contributed by atoms with Crippen LogP contribution in [0.2, 0.25) is 0 Å². The Morgan fingerprint density at radius 3 is 2.50 bits per heavy atom. The average Bonchev–Trinajstić information content (AvgIpc) is 3.03. The van der Waals surface area contributed by atoms with Crippen molar-refractivity contribution in [1.82, 2.24) is 4.40 Å². The Kier molecular flexibility index (Phi) is 4.90. The Morgan fingerprint density at radius 1 is 0.964 bits per heavy atom. The summed E-state index contributed by atoms with van der Waals surface area (Å²) in [5.41, 5.74) is 3.73. The van der Waals surface area contributed by atoms with Gasteiger partial charge in [-0.05, 0) is 55.8 Å². The summed E-state index contributed by atoms with van der Waals surface area (Å²) >= 11 is 0. The highest BCUT2D eigenvalue weighted by Crippen LogP contribution is 2.33. The predicted octanol–water partition coefficient (Wildman–Crippen LogP) is 5.37. The number of pyridine rings is 1. The molecule has 0 aliphatic rings. The van der Waals surface area contributed by atoms with Gasteiger partial charge in [0.15, 0.2) is 0 Å². The second kappa shape index (κ2) is 7.66. The SMILES string of the molecule is CC(C)Oc1ccc(CCOc2cccc3c2c(C#N)c2ccccn23)cc1. The van der Waals surface area contributed by atoms with Crippen LogP contribution in [0.15, 0.2) is 66.9 Å². The van der Waals surface area contributed by atoms with Crippen LogP contribution in [0.5, 0.6) is 11.5 Å². The Bertz CT molecular complexity index is 1150. The largest absolute Gasteiger partial charge is 0.492 e. The van der Waals surface area contributed by atoms with Crippen molar-refractivity contribution in [1.29, 1.82) is 5.26 Å². The second-order valence-corrected chi connectivity index (χ2v) is 7.00. The number of benzene rings is 2. The summed E-state index contributed by atoms with van der Waals surface area (Å²) in [6.07, 6.45) is 2.93. The van der Waals surface area contributed by atoms with Gasteiger partial charge in [-0.2, -0.15) is 5.26 Å². The maximum Gasteiger partial charge on any atom is 0.130 e. The number of rotatable bonds is 6. The molecule has 2 aromatic carbocycles. The molecule has 2 aromatic heterocycles. The molecule has 4 rings (SSSR count). The first-order chi connectivity index (χ1) is 13.7. The number of nitriles is 1. The predicted molar refractivity (Wildman–Crippen MR) is 111 cm³/mol. The van der Waals surface area contributed by atoms with Crippen molar-refractivity contribution in [2.75, 3.05) is 6.61 Å². The molecule has 0 amide bonds. The van der Waals surface area contributed by atoms with Gasteiger partial charge in [0, 0.05) is 12.6 Å². The minimum atomic E-state index is 0.168. The summed E-state index contributed by atoms with van der Waals surface area (Å²) in [6.45, 7) is 4.58. The van der Waals surface area contributed by atoms with E-state index in [9.17, 15) is 5.26 Å². The van der Waals surface area contributed by atoms with Gasteiger partial charge in [-0.25, -0.2) is 0 Å². The number of hydrogen-bond donors (Lipinski definition) is 0. The van der Waals surface area contributed by atoms with Crippen LogP contribution in [0.4, 0.5) is 0 Å².